The van der Waals surface area contributed by atoms with Crippen molar-refractivity contribution in [2.75, 3.05) is 7.05 Å². The summed E-state index contributed by atoms with van der Waals surface area (Å²) in [4.78, 5) is 3.98. The van der Waals surface area contributed by atoms with Crippen LogP contribution in [0.1, 0.15) is 17.3 Å². The summed E-state index contributed by atoms with van der Waals surface area (Å²) in [6.45, 7) is 0. The second kappa shape index (κ2) is 5.42. The maximum absolute atomic E-state index is 13.7. The topological polar surface area (TPSA) is 24.9 Å². The Morgan fingerprint density at radius 3 is 2.72 bits per heavy atom. The Balaban J connectivity index is 2.52. The van der Waals surface area contributed by atoms with E-state index >= 15 is 0 Å². The zero-order valence-corrected chi connectivity index (χ0v) is 10.4. The average Bonchev–Trinajstić information content (AvgIpc) is 2.36. The molecule has 0 bridgehead atoms. The Bertz CT molecular complexity index is 560. The Morgan fingerprint density at radius 2 is 2.06 bits per heavy atom. The van der Waals surface area contributed by atoms with Gasteiger partial charge in [-0.1, -0.05) is 11.6 Å². The number of nitrogens with one attached hydrogen (secondary N) is 1. The number of halogens is 3. The molecular formula is C13H11ClF2N2. The molecule has 0 fully saturated rings. The number of aromatic nitrogens is 1. The molecule has 0 amide bonds. The van der Waals surface area contributed by atoms with E-state index in [9.17, 15) is 8.78 Å². The predicted octanol–water partition coefficient (Wildman–Crippen LogP) is 3.32. The van der Waals surface area contributed by atoms with Crippen LogP contribution in [0.4, 0.5) is 8.78 Å². The third kappa shape index (κ3) is 2.49. The molecule has 1 N–H and O–H groups in total. The van der Waals surface area contributed by atoms with Crippen molar-refractivity contribution in [2.24, 2.45) is 0 Å². The molecule has 0 spiro atoms. The largest absolute Gasteiger partial charge is 0.308 e. The van der Waals surface area contributed by atoms with E-state index in [4.69, 9.17) is 11.6 Å². The first kappa shape index (κ1) is 12.9. The maximum atomic E-state index is 13.7. The lowest BCUT2D eigenvalue weighted by atomic mass is 10.0. The third-order valence-electron chi connectivity index (χ3n) is 2.62. The van der Waals surface area contributed by atoms with Crippen LogP contribution < -0.4 is 5.32 Å². The second-order valence-corrected chi connectivity index (χ2v) is 4.17. The van der Waals surface area contributed by atoms with Crippen molar-refractivity contribution in [3.05, 3.63) is 64.4 Å². The second-order valence-electron chi connectivity index (χ2n) is 3.76. The van der Waals surface area contributed by atoms with E-state index in [1.165, 1.54) is 36.5 Å². The fourth-order valence-corrected chi connectivity index (χ4v) is 2.01. The number of rotatable bonds is 3. The van der Waals surface area contributed by atoms with Gasteiger partial charge in [0.05, 0.1) is 11.7 Å². The molecule has 1 atom stereocenters. The fraction of sp³-hybridized carbons (Fsp3) is 0.154. The Morgan fingerprint density at radius 1 is 1.28 bits per heavy atom. The number of benzene rings is 1. The van der Waals surface area contributed by atoms with Crippen LogP contribution in [0, 0.1) is 11.6 Å². The molecule has 1 heterocycles. The lowest BCUT2D eigenvalue weighted by Crippen LogP contribution is -2.20. The van der Waals surface area contributed by atoms with Crippen molar-refractivity contribution >= 4 is 11.6 Å². The highest BCUT2D eigenvalue weighted by atomic mass is 35.5. The van der Waals surface area contributed by atoms with E-state index in [1.54, 1.807) is 7.05 Å². The molecule has 2 aromatic rings. The third-order valence-corrected chi connectivity index (χ3v) is 2.96. The van der Waals surface area contributed by atoms with Crippen LogP contribution in [0.15, 0.2) is 36.5 Å². The summed E-state index contributed by atoms with van der Waals surface area (Å²) in [5.41, 5.74) is 0.643. The van der Waals surface area contributed by atoms with Gasteiger partial charge in [-0.15, -0.1) is 0 Å². The van der Waals surface area contributed by atoms with E-state index in [2.05, 4.69) is 10.3 Å². The van der Waals surface area contributed by atoms with Crippen LogP contribution in [0.2, 0.25) is 5.02 Å². The quantitative estimate of drug-likeness (QED) is 0.924. The molecular weight excluding hydrogens is 258 g/mol. The van der Waals surface area contributed by atoms with Crippen molar-refractivity contribution in [1.29, 1.82) is 0 Å². The van der Waals surface area contributed by atoms with Crippen LogP contribution in [-0.4, -0.2) is 12.0 Å². The van der Waals surface area contributed by atoms with Crippen molar-refractivity contribution in [3.8, 4) is 0 Å². The van der Waals surface area contributed by atoms with Crippen molar-refractivity contribution in [3.63, 3.8) is 0 Å². The van der Waals surface area contributed by atoms with Gasteiger partial charge in [0.2, 0.25) is 0 Å². The van der Waals surface area contributed by atoms with E-state index in [1.807, 2.05) is 0 Å². The van der Waals surface area contributed by atoms with Gasteiger partial charge < -0.3 is 5.32 Å². The molecule has 0 saturated carbocycles. The minimum absolute atomic E-state index is 0.188. The Hall–Kier alpha value is -1.52. The summed E-state index contributed by atoms with van der Waals surface area (Å²) in [5, 5.41) is 3.25. The van der Waals surface area contributed by atoms with Gasteiger partial charge in [-0.25, -0.2) is 8.78 Å². The average molecular weight is 269 g/mol. The summed E-state index contributed by atoms with van der Waals surface area (Å²) >= 11 is 6.02. The molecule has 1 aromatic heterocycles. The first-order valence-electron chi connectivity index (χ1n) is 5.36. The summed E-state index contributed by atoms with van der Waals surface area (Å²) < 4.78 is 27.0. The first-order valence-corrected chi connectivity index (χ1v) is 5.74. The summed E-state index contributed by atoms with van der Waals surface area (Å²) in [6.07, 6.45) is 1.48. The highest BCUT2D eigenvalue weighted by molar-refractivity contribution is 6.31. The lowest BCUT2D eigenvalue weighted by Gasteiger charge is -2.18. The normalized spacial score (nSPS) is 12.4. The molecule has 1 aromatic carbocycles. The van der Waals surface area contributed by atoms with Gasteiger partial charge in [0.15, 0.2) is 0 Å². The van der Waals surface area contributed by atoms with Gasteiger partial charge in [-0.2, -0.15) is 0 Å². The number of hydrogen-bond acceptors (Lipinski definition) is 2. The Labute approximate surface area is 109 Å². The molecule has 18 heavy (non-hydrogen) atoms. The molecule has 0 radical (unpaired) electrons. The zero-order chi connectivity index (χ0) is 13.1. The van der Waals surface area contributed by atoms with E-state index in [0.29, 0.717) is 10.6 Å². The summed E-state index contributed by atoms with van der Waals surface area (Å²) in [6, 6.07) is 6.19. The van der Waals surface area contributed by atoms with Crippen LogP contribution in [0.3, 0.4) is 0 Å². The molecule has 0 aliphatic carbocycles. The van der Waals surface area contributed by atoms with Crippen molar-refractivity contribution < 1.29 is 8.78 Å². The smallest absolute Gasteiger partial charge is 0.146 e. The maximum Gasteiger partial charge on any atom is 0.146 e. The highest BCUT2D eigenvalue weighted by Gasteiger charge is 2.20. The predicted molar refractivity (Wildman–Crippen MR) is 66.5 cm³/mol. The summed E-state index contributed by atoms with van der Waals surface area (Å²) in [7, 11) is 1.64. The minimum atomic E-state index is -0.589. The minimum Gasteiger partial charge on any atom is -0.308 e. The zero-order valence-electron chi connectivity index (χ0n) is 9.62. The van der Waals surface area contributed by atoms with Crippen LogP contribution in [-0.2, 0) is 0 Å². The van der Waals surface area contributed by atoms with Gasteiger partial charge in [0.1, 0.15) is 11.6 Å². The van der Waals surface area contributed by atoms with Gasteiger partial charge in [-0.3, -0.25) is 4.98 Å². The van der Waals surface area contributed by atoms with Gasteiger partial charge in [-0.05, 0) is 42.9 Å². The molecule has 94 valence electrons. The molecule has 2 rings (SSSR count). The number of pyridine rings is 1. The van der Waals surface area contributed by atoms with Gasteiger partial charge in [0.25, 0.3) is 0 Å². The molecule has 5 heteroatoms. The van der Waals surface area contributed by atoms with Gasteiger partial charge in [0, 0.05) is 11.2 Å². The highest BCUT2D eigenvalue weighted by Crippen LogP contribution is 2.28. The lowest BCUT2D eigenvalue weighted by molar-refractivity contribution is 0.556. The SMILES string of the molecule is CNC(c1cc(F)ccc1Cl)c1ncccc1F. The van der Waals surface area contributed by atoms with Crippen molar-refractivity contribution in [1.82, 2.24) is 10.3 Å². The molecule has 1 unspecified atom stereocenters. The van der Waals surface area contributed by atoms with E-state index in [-0.39, 0.29) is 5.69 Å². The fourth-order valence-electron chi connectivity index (χ4n) is 1.79. The Kier molecular flexibility index (Phi) is 3.89. The van der Waals surface area contributed by atoms with E-state index < -0.39 is 17.7 Å². The standard InChI is InChI=1S/C13H11ClF2N2/c1-17-12(13-11(16)3-2-6-18-13)9-7-8(15)4-5-10(9)14/h2-7,12,17H,1H3. The molecule has 0 aliphatic heterocycles. The van der Waals surface area contributed by atoms with Crippen molar-refractivity contribution in [2.45, 2.75) is 6.04 Å². The molecule has 2 nitrogen and oxygen atoms in total. The molecule has 0 aliphatic rings. The van der Waals surface area contributed by atoms with Gasteiger partial charge >= 0.3 is 0 Å². The monoisotopic (exact) mass is 268 g/mol. The van der Waals surface area contributed by atoms with Crippen LogP contribution >= 0.6 is 11.6 Å². The number of nitrogens with zero attached hydrogens (tertiary/aromatic N) is 1. The van der Waals surface area contributed by atoms with Crippen LogP contribution in [0.25, 0.3) is 0 Å². The van der Waals surface area contributed by atoms with Crippen LogP contribution in [0.5, 0.6) is 0 Å². The van der Waals surface area contributed by atoms with E-state index in [0.717, 1.165) is 0 Å². The molecule has 0 saturated heterocycles. The first-order chi connectivity index (χ1) is 8.63. The summed E-state index contributed by atoms with van der Waals surface area (Å²) in [5.74, 6) is -0.886. The number of hydrogen-bond donors (Lipinski definition) is 1.